The van der Waals surface area contributed by atoms with E-state index in [1.807, 2.05) is 24.8 Å². The number of amides is 2. The first kappa shape index (κ1) is 17.5. The molecule has 4 heterocycles. The monoisotopic (exact) mass is 358 g/mol. The Hall–Kier alpha value is -1.89. The van der Waals surface area contributed by atoms with E-state index in [4.69, 9.17) is 0 Å². The largest absolute Gasteiger partial charge is 0.356 e. The zero-order valence-corrected chi connectivity index (χ0v) is 15.9. The van der Waals surface area contributed by atoms with Crippen molar-refractivity contribution in [2.24, 2.45) is 0 Å². The van der Waals surface area contributed by atoms with E-state index in [1.165, 1.54) is 19.4 Å². The van der Waals surface area contributed by atoms with E-state index in [0.717, 1.165) is 62.9 Å². The van der Waals surface area contributed by atoms with Crippen LogP contribution in [0.4, 0.5) is 10.6 Å². The van der Waals surface area contributed by atoms with Crippen LogP contribution in [0.5, 0.6) is 0 Å². The fourth-order valence-electron chi connectivity index (χ4n) is 4.55. The van der Waals surface area contributed by atoms with Crippen LogP contribution in [0, 0.1) is 13.8 Å². The molecule has 0 bridgehead atoms. The van der Waals surface area contributed by atoms with E-state index in [-0.39, 0.29) is 12.1 Å². The molecule has 1 N–H and O–H groups in total. The third kappa shape index (κ3) is 3.77. The van der Waals surface area contributed by atoms with Gasteiger partial charge in [-0.1, -0.05) is 0 Å². The zero-order valence-electron chi connectivity index (χ0n) is 15.9. The summed E-state index contributed by atoms with van der Waals surface area (Å²) in [7, 11) is 0. The van der Waals surface area contributed by atoms with E-state index in [1.54, 1.807) is 0 Å². The van der Waals surface area contributed by atoms with E-state index < -0.39 is 0 Å². The predicted molar refractivity (Wildman–Crippen MR) is 101 cm³/mol. The highest BCUT2D eigenvalue weighted by atomic mass is 16.2. The van der Waals surface area contributed by atoms with Crippen molar-refractivity contribution in [2.75, 3.05) is 44.2 Å². The average molecular weight is 358 g/mol. The van der Waals surface area contributed by atoms with Gasteiger partial charge in [0.05, 0.1) is 0 Å². The summed E-state index contributed by atoms with van der Waals surface area (Å²) < 4.78 is 0. The fraction of sp³-hybridized carbons (Fsp3) is 0.737. The molecular formula is C19H30N6O. The number of nitrogens with one attached hydrogen (secondary N) is 1. The number of anilines is 1. The molecule has 1 unspecified atom stereocenters. The number of carbonyl (C=O) groups excluding carboxylic acids is 1. The number of urea groups is 1. The number of aromatic nitrogens is 2. The van der Waals surface area contributed by atoms with Gasteiger partial charge in [-0.2, -0.15) is 0 Å². The van der Waals surface area contributed by atoms with Gasteiger partial charge in [-0.15, -0.1) is 0 Å². The van der Waals surface area contributed by atoms with E-state index in [2.05, 4.69) is 25.1 Å². The average Bonchev–Trinajstić information content (AvgIpc) is 3.09. The number of carbonyl (C=O) groups is 1. The SMILES string of the molecule is Cc1cc(N2CCC(NC(=O)N3CCN4CCCC4C3)CC2)nc(C)n1. The highest BCUT2D eigenvalue weighted by Gasteiger charge is 2.33. The van der Waals surface area contributed by atoms with Crippen LogP contribution in [0.2, 0.25) is 0 Å². The smallest absolute Gasteiger partial charge is 0.317 e. The third-order valence-corrected chi connectivity index (χ3v) is 5.97. The van der Waals surface area contributed by atoms with Crippen LogP contribution < -0.4 is 10.2 Å². The van der Waals surface area contributed by atoms with Gasteiger partial charge < -0.3 is 15.1 Å². The lowest BCUT2D eigenvalue weighted by molar-refractivity contribution is 0.115. The highest BCUT2D eigenvalue weighted by Crippen LogP contribution is 2.22. The van der Waals surface area contributed by atoms with Crippen LogP contribution in [0.15, 0.2) is 6.07 Å². The van der Waals surface area contributed by atoms with Gasteiger partial charge in [0.2, 0.25) is 0 Å². The number of fused-ring (bicyclic) bond motifs is 1. The summed E-state index contributed by atoms with van der Waals surface area (Å²) in [6.07, 6.45) is 4.45. The maximum Gasteiger partial charge on any atom is 0.317 e. The lowest BCUT2D eigenvalue weighted by Gasteiger charge is -2.39. The van der Waals surface area contributed by atoms with Gasteiger partial charge in [-0.3, -0.25) is 4.90 Å². The Kier molecular flexibility index (Phi) is 4.98. The van der Waals surface area contributed by atoms with E-state index in [0.29, 0.717) is 6.04 Å². The molecule has 0 aliphatic carbocycles. The van der Waals surface area contributed by atoms with E-state index >= 15 is 0 Å². The summed E-state index contributed by atoms with van der Waals surface area (Å²) in [5.41, 5.74) is 1.01. The predicted octanol–water partition coefficient (Wildman–Crippen LogP) is 1.55. The summed E-state index contributed by atoms with van der Waals surface area (Å²) in [5.74, 6) is 1.83. The van der Waals surface area contributed by atoms with Gasteiger partial charge in [0, 0.05) is 56.6 Å². The Balaban J connectivity index is 1.27. The van der Waals surface area contributed by atoms with Crippen molar-refractivity contribution >= 4 is 11.8 Å². The molecule has 1 atom stereocenters. The first-order valence-corrected chi connectivity index (χ1v) is 9.95. The van der Waals surface area contributed by atoms with Crippen LogP contribution in [0.25, 0.3) is 0 Å². The second kappa shape index (κ2) is 7.39. The Morgan fingerprint density at radius 3 is 2.65 bits per heavy atom. The van der Waals surface area contributed by atoms with Crippen molar-refractivity contribution in [3.63, 3.8) is 0 Å². The summed E-state index contributed by atoms with van der Waals surface area (Å²) in [5, 5.41) is 3.27. The summed E-state index contributed by atoms with van der Waals surface area (Å²) in [6.45, 7) is 9.80. The topological polar surface area (TPSA) is 64.6 Å². The maximum atomic E-state index is 12.7. The number of hydrogen-bond acceptors (Lipinski definition) is 5. The molecule has 1 aromatic heterocycles. The fourth-order valence-corrected chi connectivity index (χ4v) is 4.55. The molecule has 0 aromatic carbocycles. The third-order valence-electron chi connectivity index (χ3n) is 5.97. The van der Waals surface area contributed by atoms with Gasteiger partial charge in [-0.05, 0) is 46.1 Å². The molecule has 142 valence electrons. The number of piperazine rings is 1. The number of rotatable bonds is 2. The Bertz CT molecular complexity index is 637. The number of hydrogen-bond donors (Lipinski definition) is 1. The first-order valence-electron chi connectivity index (χ1n) is 9.95. The van der Waals surface area contributed by atoms with Crippen LogP contribution in [0.1, 0.15) is 37.2 Å². The number of piperidine rings is 1. The lowest BCUT2D eigenvalue weighted by atomic mass is 10.1. The standard InChI is InChI=1S/C19H30N6O/c1-14-12-18(21-15(2)20-14)24-8-5-16(6-9-24)22-19(26)25-11-10-23-7-3-4-17(23)13-25/h12,16-17H,3-11,13H2,1-2H3,(H,22,26). The van der Waals surface area contributed by atoms with Crippen LogP contribution >= 0.6 is 0 Å². The lowest BCUT2D eigenvalue weighted by Crippen LogP contribution is -2.56. The van der Waals surface area contributed by atoms with Crippen molar-refractivity contribution < 1.29 is 4.79 Å². The van der Waals surface area contributed by atoms with Crippen LogP contribution in [-0.4, -0.2) is 77.2 Å². The van der Waals surface area contributed by atoms with Crippen LogP contribution in [-0.2, 0) is 0 Å². The van der Waals surface area contributed by atoms with Crippen molar-refractivity contribution in [2.45, 2.75) is 51.6 Å². The molecule has 3 fully saturated rings. The molecule has 4 rings (SSSR count). The minimum Gasteiger partial charge on any atom is -0.356 e. The summed E-state index contributed by atoms with van der Waals surface area (Å²) in [6, 6.07) is 3.03. The Morgan fingerprint density at radius 1 is 1.08 bits per heavy atom. The first-order chi connectivity index (χ1) is 12.6. The van der Waals surface area contributed by atoms with Crippen molar-refractivity contribution in [1.29, 1.82) is 0 Å². The maximum absolute atomic E-state index is 12.7. The molecule has 1 aromatic rings. The molecule has 26 heavy (non-hydrogen) atoms. The second-order valence-corrected chi connectivity index (χ2v) is 7.90. The molecule has 0 saturated carbocycles. The molecule has 3 aliphatic heterocycles. The summed E-state index contributed by atoms with van der Waals surface area (Å²) >= 11 is 0. The van der Waals surface area contributed by atoms with Gasteiger partial charge in [-0.25, -0.2) is 14.8 Å². The van der Waals surface area contributed by atoms with Gasteiger partial charge in [0.25, 0.3) is 0 Å². The normalized spacial score (nSPS) is 24.6. The Labute approximate surface area is 155 Å². The molecule has 0 spiro atoms. The number of nitrogens with zero attached hydrogens (tertiary/aromatic N) is 5. The van der Waals surface area contributed by atoms with Gasteiger partial charge in [0.15, 0.2) is 0 Å². The molecule has 2 amide bonds. The van der Waals surface area contributed by atoms with E-state index in [9.17, 15) is 4.79 Å². The van der Waals surface area contributed by atoms with Crippen LogP contribution in [0.3, 0.4) is 0 Å². The van der Waals surface area contributed by atoms with Gasteiger partial charge in [0.1, 0.15) is 11.6 Å². The molecule has 7 nitrogen and oxygen atoms in total. The molecule has 7 heteroatoms. The van der Waals surface area contributed by atoms with Crippen molar-refractivity contribution in [1.82, 2.24) is 25.1 Å². The number of aryl methyl sites for hydroxylation is 2. The molecule has 3 aliphatic rings. The summed E-state index contributed by atoms with van der Waals surface area (Å²) in [4.78, 5) is 28.4. The Morgan fingerprint density at radius 2 is 1.88 bits per heavy atom. The molecular weight excluding hydrogens is 328 g/mol. The van der Waals surface area contributed by atoms with Gasteiger partial charge >= 0.3 is 6.03 Å². The van der Waals surface area contributed by atoms with Crippen molar-refractivity contribution in [3.05, 3.63) is 17.6 Å². The molecule has 3 saturated heterocycles. The second-order valence-electron chi connectivity index (χ2n) is 7.90. The zero-order chi connectivity index (χ0) is 18.1. The van der Waals surface area contributed by atoms with Crippen molar-refractivity contribution in [3.8, 4) is 0 Å². The molecule has 0 radical (unpaired) electrons. The minimum atomic E-state index is 0.128. The minimum absolute atomic E-state index is 0.128. The quantitative estimate of drug-likeness (QED) is 0.869. The highest BCUT2D eigenvalue weighted by molar-refractivity contribution is 5.74.